The van der Waals surface area contributed by atoms with Crippen molar-refractivity contribution in [2.45, 2.75) is 0 Å². The molecule has 0 atom stereocenters. The first kappa shape index (κ1) is 15.6. The Balaban J connectivity index is 1.78. The van der Waals surface area contributed by atoms with E-state index in [0.29, 0.717) is 11.3 Å². The van der Waals surface area contributed by atoms with Crippen LogP contribution in [0.15, 0.2) is 69.6 Å². The van der Waals surface area contributed by atoms with Crippen LogP contribution in [-0.4, -0.2) is 16.9 Å². The van der Waals surface area contributed by atoms with Crippen molar-refractivity contribution >= 4 is 34.5 Å². The van der Waals surface area contributed by atoms with Gasteiger partial charge in [0.15, 0.2) is 5.43 Å². The second-order valence-electron chi connectivity index (χ2n) is 5.68. The molecule has 7 heteroatoms. The molecule has 1 aliphatic heterocycles. The minimum atomic E-state index is -0.616. The molecule has 1 fully saturated rings. The lowest BCUT2D eigenvalue weighted by molar-refractivity contribution is -0.117. The number of hydrazine groups is 1. The Kier molecular flexibility index (Phi) is 3.54. The molecule has 7 nitrogen and oxygen atoms in total. The Hall–Kier alpha value is -3.87. The van der Waals surface area contributed by atoms with E-state index in [2.05, 4.69) is 5.43 Å². The third-order valence-electron chi connectivity index (χ3n) is 3.99. The van der Waals surface area contributed by atoms with Crippen LogP contribution in [0.25, 0.3) is 17.0 Å². The number of hydrogen-bond donors (Lipinski definition) is 2. The highest BCUT2D eigenvalue weighted by atomic mass is 16.3. The summed E-state index contributed by atoms with van der Waals surface area (Å²) in [5.41, 5.74) is 2.67. The normalized spacial score (nSPS) is 15.7. The van der Waals surface area contributed by atoms with Crippen molar-refractivity contribution in [1.82, 2.24) is 5.43 Å². The highest BCUT2D eigenvalue weighted by Gasteiger charge is 2.34. The van der Waals surface area contributed by atoms with Crippen molar-refractivity contribution in [2.24, 2.45) is 0 Å². The van der Waals surface area contributed by atoms with Gasteiger partial charge in [0.2, 0.25) is 0 Å². The van der Waals surface area contributed by atoms with Gasteiger partial charge in [0.05, 0.1) is 16.6 Å². The maximum atomic E-state index is 12.6. The summed E-state index contributed by atoms with van der Waals surface area (Å²) in [6, 6.07) is 12.8. The molecule has 0 bridgehead atoms. The number of anilines is 1. The number of aromatic hydroxyl groups is 1. The van der Waals surface area contributed by atoms with Crippen molar-refractivity contribution in [3.63, 3.8) is 0 Å². The van der Waals surface area contributed by atoms with Gasteiger partial charge in [-0.15, -0.1) is 0 Å². The zero-order chi connectivity index (χ0) is 18.3. The highest BCUT2D eigenvalue weighted by molar-refractivity contribution is 6.31. The summed E-state index contributed by atoms with van der Waals surface area (Å²) in [6.07, 6.45) is 2.37. The summed E-state index contributed by atoms with van der Waals surface area (Å²) in [7, 11) is 0. The zero-order valence-electron chi connectivity index (χ0n) is 13.3. The largest absolute Gasteiger partial charge is 0.508 e. The average Bonchev–Trinajstić information content (AvgIpc) is 2.93. The van der Waals surface area contributed by atoms with Crippen LogP contribution in [0.2, 0.25) is 0 Å². The smallest absolute Gasteiger partial charge is 0.282 e. The molecule has 2 N–H and O–H groups in total. The van der Waals surface area contributed by atoms with Gasteiger partial charge in [0.25, 0.3) is 11.8 Å². The van der Waals surface area contributed by atoms with Gasteiger partial charge in [-0.3, -0.25) is 19.8 Å². The molecule has 4 rings (SSSR count). The van der Waals surface area contributed by atoms with Crippen LogP contribution in [0.5, 0.6) is 5.75 Å². The number of rotatable bonds is 2. The van der Waals surface area contributed by atoms with Crippen LogP contribution in [0, 0.1) is 0 Å². The number of nitrogens with one attached hydrogen (secondary N) is 1. The van der Waals surface area contributed by atoms with Crippen molar-refractivity contribution in [3.05, 3.63) is 76.2 Å². The third kappa shape index (κ3) is 2.51. The Bertz CT molecular complexity index is 1130. The van der Waals surface area contributed by atoms with Crippen LogP contribution in [-0.2, 0) is 9.59 Å². The van der Waals surface area contributed by atoms with Crippen molar-refractivity contribution in [3.8, 4) is 5.75 Å². The lowest BCUT2D eigenvalue weighted by Crippen LogP contribution is -2.35. The Labute approximate surface area is 146 Å². The molecule has 0 aliphatic carbocycles. The molecule has 2 heterocycles. The van der Waals surface area contributed by atoms with Crippen molar-refractivity contribution in [1.29, 1.82) is 0 Å². The van der Waals surface area contributed by atoms with E-state index >= 15 is 0 Å². The first-order valence-corrected chi connectivity index (χ1v) is 7.71. The molecule has 1 aliphatic rings. The molecule has 128 valence electrons. The van der Waals surface area contributed by atoms with Crippen molar-refractivity contribution in [2.75, 3.05) is 5.01 Å². The molecular weight excluding hydrogens is 336 g/mol. The number of benzene rings is 2. The van der Waals surface area contributed by atoms with E-state index in [4.69, 9.17) is 4.42 Å². The molecule has 0 saturated carbocycles. The van der Waals surface area contributed by atoms with E-state index in [1.165, 1.54) is 30.5 Å². The molecule has 1 saturated heterocycles. The molecule has 3 aromatic rings. The van der Waals surface area contributed by atoms with E-state index in [0.717, 1.165) is 5.01 Å². The van der Waals surface area contributed by atoms with Crippen LogP contribution in [0.1, 0.15) is 5.56 Å². The van der Waals surface area contributed by atoms with E-state index in [-0.39, 0.29) is 22.3 Å². The summed E-state index contributed by atoms with van der Waals surface area (Å²) < 4.78 is 5.36. The second-order valence-corrected chi connectivity index (χ2v) is 5.68. The molecule has 26 heavy (non-hydrogen) atoms. The predicted molar refractivity (Wildman–Crippen MR) is 94.2 cm³/mol. The van der Waals surface area contributed by atoms with E-state index < -0.39 is 17.2 Å². The Morgan fingerprint density at radius 1 is 1.04 bits per heavy atom. The highest BCUT2D eigenvalue weighted by Crippen LogP contribution is 2.22. The van der Waals surface area contributed by atoms with Gasteiger partial charge in [0.1, 0.15) is 23.2 Å². The lowest BCUT2D eigenvalue weighted by Gasteiger charge is -2.13. The summed E-state index contributed by atoms with van der Waals surface area (Å²) in [6.45, 7) is 0. The monoisotopic (exact) mass is 348 g/mol. The molecule has 2 aromatic carbocycles. The number of phenols is 1. The van der Waals surface area contributed by atoms with Gasteiger partial charge in [-0.25, -0.2) is 5.01 Å². The van der Waals surface area contributed by atoms with Crippen LogP contribution < -0.4 is 15.9 Å². The Morgan fingerprint density at radius 3 is 2.58 bits per heavy atom. The molecule has 0 spiro atoms. The number of carbonyl (C=O) groups is 2. The minimum Gasteiger partial charge on any atom is -0.508 e. The minimum absolute atomic E-state index is 0.0384. The summed E-state index contributed by atoms with van der Waals surface area (Å²) in [5, 5.41) is 10.8. The second kappa shape index (κ2) is 5.89. The standard InChI is InChI=1S/C19H12N2O5/c22-13-6-7-16-14(9-13)17(23)11(10-26-16)8-15-18(24)20-21(19(15)25)12-4-2-1-3-5-12/h1-10,22H,(H,20,24)/b15-8+. The zero-order valence-corrected chi connectivity index (χ0v) is 13.3. The summed E-state index contributed by atoms with van der Waals surface area (Å²) in [4.78, 5) is 37.3. The maximum Gasteiger partial charge on any atom is 0.282 e. The van der Waals surface area contributed by atoms with Crippen LogP contribution >= 0.6 is 0 Å². The van der Waals surface area contributed by atoms with E-state index in [9.17, 15) is 19.5 Å². The average molecular weight is 348 g/mol. The number of hydrogen-bond acceptors (Lipinski definition) is 5. The summed E-state index contributed by atoms with van der Waals surface area (Å²) >= 11 is 0. The third-order valence-corrected chi connectivity index (χ3v) is 3.99. The number of para-hydroxylation sites is 1. The first-order valence-electron chi connectivity index (χ1n) is 7.71. The van der Waals surface area contributed by atoms with Crippen LogP contribution in [0.3, 0.4) is 0 Å². The SMILES string of the molecule is O=C1NN(c2ccccc2)C(=O)/C1=C/c1coc2ccc(O)cc2c1=O. The molecule has 2 amide bonds. The Morgan fingerprint density at radius 2 is 1.81 bits per heavy atom. The number of fused-ring (bicyclic) bond motifs is 1. The van der Waals surface area contributed by atoms with Gasteiger partial charge in [0, 0.05) is 0 Å². The fraction of sp³-hybridized carbons (Fsp3) is 0. The van der Waals surface area contributed by atoms with E-state index in [1.807, 2.05) is 0 Å². The molecule has 1 aromatic heterocycles. The topological polar surface area (TPSA) is 99.8 Å². The lowest BCUT2D eigenvalue weighted by atomic mass is 10.1. The summed E-state index contributed by atoms with van der Waals surface area (Å²) in [5.74, 6) is -1.27. The first-order chi connectivity index (χ1) is 12.5. The molecular formula is C19H12N2O5. The quantitative estimate of drug-likeness (QED) is 0.545. The fourth-order valence-electron chi connectivity index (χ4n) is 2.71. The van der Waals surface area contributed by atoms with Gasteiger partial charge >= 0.3 is 0 Å². The number of carbonyl (C=O) groups excluding carboxylic acids is 2. The molecule has 0 radical (unpaired) electrons. The molecule has 0 unspecified atom stereocenters. The maximum absolute atomic E-state index is 12.6. The number of amides is 2. The van der Waals surface area contributed by atoms with Gasteiger partial charge in [-0.2, -0.15) is 0 Å². The number of nitrogens with zero attached hydrogens (tertiary/aromatic N) is 1. The van der Waals surface area contributed by atoms with Crippen LogP contribution in [0.4, 0.5) is 5.69 Å². The van der Waals surface area contributed by atoms with E-state index in [1.54, 1.807) is 30.3 Å². The van der Waals surface area contributed by atoms with Crippen molar-refractivity contribution < 1.29 is 19.1 Å². The van der Waals surface area contributed by atoms with Gasteiger partial charge in [-0.05, 0) is 36.4 Å². The predicted octanol–water partition coefficient (Wildman–Crippen LogP) is 1.96. The number of phenolic OH excluding ortho intramolecular Hbond substituents is 1. The van der Waals surface area contributed by atoms with Gasteiger partial charge < -0.3 is 9.52 Å². The van der Waals surface area contributed by atoms with Gasteiger partial charge in [-0.1, -0.05) is 18.2 Å². The fourth-order valence-corrected chi connectivity index (χ4v) is 2.71.